The zero-order valence-corrected chi connectivity index (χ0v) is 8.96. The van der Waals surface area contributed by atoms with Crippen LogP contribution in [0, 0.1) is 12.3 Å². The maximum absolute atomic E-state index is 11.2. The molecule has 0 aliphatic carbocycles. The lowest BCUT2D eigenvalue weighted by Gasteiger charge is -2.25. The standard InChI is InChI=1S/C10H16N2O3/c1-4-7-11-9(15)12-10(2,3)6-5-8(13)14/h1H,5-7H2,2-3H3,(H,13,14)(H2,11,12,15). The van der Waals surface area contributed by atoms with Gasteiger partial charge in [-0.25, -0.2) is 4.79 Å². The summed E-state index contributed by atoms with van der Waals surface area (Å²) in [4.78, 5) is 21.5. The molecule has 0 aliphatic heterocycles. The third-order valence-electron chi connectivity index (χ3n) is 1.77. The van der Waals surface area contributed by atoms with Gasteiger partial charge in [0.15, 0.2) is 0 Å². The first kappa shape index (κ1) is 13.3. The highest BCUT2D eigenvalue weighted by Gasteiger charge is 2.20. The van der Waals surface area contributed by atoms with Crippen molar-refractivity contribution in [2.24, 2.45) is 0 Å². The van der Waals surface area contributed by atoms with Crippen LogP contribution in [0.15, 0.2) is 0 Å². The van der Waals surface area contributed by atoms with Crippen molar-refractivity contribution < 1.29 is 14.7 Å². The number of aliphatic carboxylic acids is 1. The molecule has 15 heavy (non-hydrogen) atoms. The van der Waals surface area contributed by atoms with E-state index in [0.717, 1.165) is 0 Å². The van der Waals surface area contributed by atoms with Crippen LogP contribution < -0.4 is 10.6 Å². The maximum atomic E-state index is 11.2. The van der Waals surface area contributed by atoms with Gasteiger partial charge in [-0.2, -0.15) is 0 Å². The fourth-order valence-corrected chi connectivity index (χ4v) is 0.965. The Morgan fingerprint density at radius 1 is 1.47 bits per heavy atom. The summed E-state index contributed by atoms with van der Waals surface area (Å²) in [5.74, 6) is 1.39. The van der Waals surface area contributed by atoms with E-state index < -0.39 is 11.5 Å². The summed E-state index contributed by atoms with van der Waals surface area (Å²) in [6, 6.07) is -0.386. The average Bonchev–Trinajstić information content (AvgIpc) is 2.11. The van der Waals surface area contributed by atoms with Gasteiger partial charge in [0, 0.05) is 12.0 Å². The highest BCUT2D eigenvalue weighted by Crippen LogP contribution is 2.10. The number of amides is 2. The van der Waals surface area contributed by atoms with E-state index in [-0.39, 0.29) is 19.0 Å². The van der Waals surface area contributed by atoms with Crippen LogP contribution in [0.2, 0.25) is 0 Å². The molecule has 0 aromatic rings. The van der Waals surface area contributed by atoms with Gasteiger partial charge in [-0.3, -0.25) is 4.79 Å². The van der Waals surface area contributed by atoms with Crippen LogP contribution >= 0.6 is 0 Å². The Labute approximate surface area is 89.2 Å². The summed E-state index contributed by atoms with van der Waals surface area (Å²) in [7, 11) is 0. The van der Waals surface area contributed by atoms with Crippen molar-refractivity contribution in [1.82, 2.24) is 10.6 Å². The van der Waals surface area contributed by atoms with E-state index in [1.807, 2.05) is 0 Å². The number of terminal acetylenes is 1. The number of carboxylic acids is 1. The van der Waals surface area contributed by atoms with Crippen molar-refractivity contribution in [3.63, 3.8) is 0 Å². The molecule has 0 aromatic heterocycles. The van der Waals surface area contributed by atoms with Crippen LogP contribution in [0.3, 0.4) is 0 Å². The molecule has 2 amide bonds. The zero-order valence-electron chi connectivity index (χ0n) is 8.96. The van der Waals surface area contributed by atoms with Crippen molar-refractivity contribution in [3.8, 4) is 12.3 Å². The van der Waals surface area contributed by atoms with Crippen molar-refractivity contribution >= 4 is 12.0 Å². The van der Waals surface area contributed by atoms with E-state index in [1.165, 1.54) is 0 Å². The molecule has 0 atom stereocenters. The van der Waals surface area contributed by atoms with Crippen LogP contribution in [0.4, 0.5) is 4.79 Å². The first-order chi connectivity index (χ1) is 6.87. The van der Waals surface area contributed by atoms with Crippen LogP contribution in [-0.2, 0) is 4.79 Å². The number of hydrogen-bond acceptors (Lipinski definition) is 2. The molecular formula is C10H16N2O3. The van der Waals surface area contributed by atoms with Gasteiger partial charge in [0.2, 0.25) is 0 Å². The predicted octanol–water partition coefficient (Wildman–Crippen LogP) is 0.562. The molecule has 5 heteroatoms. The van der Waals surface area contributed by atoms with E-state index in [0.29, 0.717) is 6.42 Å². The Morgan fingerprint density at radius 2 is 2.07 bits per heavy atom. The number of hydrogen-bond donors (Lipinski definition) is 3. The minimum Gasteiger partial charge on any atom is -0.481 e. The lowest BCUT2D eigenvalue weighted by molar-refractivity contribution is -0.137. The predicted molar refractivity (Wildman–Crippen MR) is 56.3 cm³/mol. The molecule has 0 heterocycles. The Morgan fingerprint density at radius 3 is 2.53 bits per heavy atom. The second-order valence-electron chi connectivity index (χ2n) is 3.79. The average molecular weight is 212 g/mol. The van der Waals surface area contributed by atoms with Crippen LogP contribution in [0.1, 0.15) is 26.7 Å². The zero-order chi connectivity index (χ0) is 11.9. The second-order valence-corrected chi connectivity index (χ2v) is 3.79. The van der Waals surface area contributed by atoms with Gasteiger partial charge in [0.25, 0.3) is 0 Å². The van der Waals surface area contributed by atoms with Gasteiger partial charge in [-0.05, 0) is 20.3 Å². The van der Waals surface area contributed by atoms with Crippen molar-refractivity contribution in [2.45, 2.75) is 32.2 Å². The maximum Gasteiger partial charge on any atom is 0.315 e. The van der Waals surface area contributed by atoms with Crippen LogP contribution in [0.5, 0.6) is 0 Å². The number of nitrogens with one attached hydrogen (secondary N) is 2. The fourth-order valence-electron chi connectivity index (χ4n) is 0.965. The quantitative estimate of drug-likeness (QED) is 0.583. The summed E-state index contributed by atoms with van der Waals surface area (Å²) >= 11 is 0. The molecular weight excluding hydrogens is 196 g/mol. The Bertz CT molecular complexity index is 279. The van der Waals surface area contributed by atoms with E-state index in [1.54, 1.807) is 13.8 Å². The number of carbonyl (C=O) groups excluding carboxylic acids is 1. The molecule has 84 valence electrons. The van der Waals surface area contributed by atoms with E-state index in [4.69, 9.17) is 11.5 Å². The molecule has 0 spiro atoms. The largest absolute Gasteiger partial charge is 0.481 e. The van der Waals surface area contributed by atoms with Gasteiger partial charge in [0.1, 0.15) is 0 Å². The first-order valence-electron chi connectivity index (χ1n) is 4.58. The normalized spacial score (nSPS) is 10.2. The molecule has 5 nitrogen and oxygen atoms in total. The molecule has 0 unspecified atom stereocenters. The topological polar surface area (TPSA) is 78.4 Å². The monoisotopic (exact) mass is 212 g/mol. The van der Waals surface area contributed by atoms with Crippen molar-refractivity contribution in [1.29, 1.82) is 0 Å². The van der Waals surface area contributed by atoms with E-state index in [2.05, 4.69) is 16.6 Å². The van der Waals surface area contributed by atoms with Gasteiger partial charge in [-0.1, -0.05) is 5.92 Å². The highest BCUT2D eigenvalue weighted by molar-refractivity contribution is 5.75. The summed E-state index contributed by atoms with van der Waals surface area (Å²) in [6.45, 7) is 3.66. The molecule has 0 fully saturated rings. The fraction of sp³-hybridized carbons (Fsp3) is 0.600. The summed E-state index contributed by atoms with van der Waals surface area (Å²) in [6.07, 6.45) is 5.35. The van der Waals surface area contributed by atoms with Crippen molar-refractivity contribution in [3.05, 3.63) is 0 Å². The highest BCUT2D eigenvalue weighted by atomic mass is 16.4. The third kappa shape index (κ3) is 7.38. The van der Waals surface area contributed by atoms with Crippen molar-refractivity contribution in [2.75, 3.05) is 6.54 Å². The molecule has 0 aromatic carbocycles. The van der Waals surface area contributed by atoms with E-state index >= 15 is 0 Å². The molecule has 0 radical (unpaired) electrons. The number of urea groups is 1. The molecule has 0 bridgehead atoms. The minimum atomic E-state index is -0.881. The Hall–Kier alpha value is -1.70. The Kier molecular flexibility index (Phi) is 5.24. The third-order valence-corrected chi connectivity index (χ3v) is 1.77. The first-order valence-corrected chi connectivity index (χ1v) is 4.58. The lowest BCUT2D eigenvalue weighted by atomic mass is 9.99. The van der Waals surface area contributed by atoms with Gasteiger partial charge < -0.3 is 15.7 Å². The number of rotatable bonds is 5. The number of carbonyl (C=O) groups is 2. The molecule has 0 saturated heterocycles. The summed E-state index contributed by atoms with van der Waals surface area (Å²) in [5.41, 5.74) is -0.558. The SMILES string of the molecule is C#CCNC(=O)NC(C)(C)CCC(=O)O. The summed E-state index contributed by atoms with van der Waals surface area (Å²) < 4.78 is 0. The molecule has 0 aliphatic rings. The summed E-state index contributed by atoms with van der Waals surface area (Å²) in [5, 5.41) is 13.6. The molecule has 3 N–H and O–H groups in total. The van der Waals surface area contributed by atoms with Crippen LogP contribution in [0.25, 0.3) is 0 Å². The second kappa shape index (κ2) is 5.91. The van der Waals surface area contributed by atoms with Crippen LogP contribution in [-0.4, -0.2) is 29.2 Å². The van der Waals surface area contributed by atoms with Gasteiger partial charge >= 0.3 is 12.0 Å². The molecule has 0 rings (SSSR count). The number of carboxylic acid groups (broad SMARTS) is 1. The Balaban J connectivity index is 3.96. The van der Waals surface area contributed by atoms with E-state index in [9.17, 15) is 9.59 Å². The van der Waals surface area contributed by atoms with Gasteiger partial charge in [0.05, 0.1) is 6.54 Å². The van der Waals surface area contributed by atoms with Gasteiger partial charge in [-0.15, -0.1) is 6.42 Å². The smallest absolute Gasteiger partial charge is 0.315 e. The molecule has 0 saturated carbocycles. The lowest BCUT2D eigenvalue weighted by Crippen LogP contribution is -2.48. The minimum absolute atomic E-state index is 0.0163.